The highest BCUT2D eigenvalue weighted by Crippen LogP contribution is 2.40. The normalized spacial score (nSPS) is 23.8. The van der Waals surface area contributed by atoms with Crippen LogP contribution in [0.3, 0.4) is 0 Å². The van der Waals surface area contributed by atoms with E-state index >= 15 is 0 Å². The molecular formula is C29H32N4O2. The van der Waals surface area contributed by atoms with E-state index in [0.29, 0.717) is 18.5 Å². The third-order valence-corrected chi connectivity index (χ3v) is 7.31. The van der Waals surface area contributed by atoms with E-state index in [-0.39, 0.29) is 23.9 Å². The highest BCUT2D eigenvalue weighted by atomic mass is 16.2. The van der Waals surface area contributed by atoms with Gasteiger partial charge in [0.1, 0.15) is 0 Å². The van der Waals surface area contributed by atoms with Crippen molar-refractivity contribution in [3.63, 3.8) is 0 Å². The predicted octanol–water partition coefficient (Wildman–Crippen LogP) is 4.58. The van der Waals surface area contributed by atoms with Crippen molar-refractivity contribution in [3.8, 4) is 0 Å². The largest absolute Gasteiger partial charge is 0.381 e. The Bertz CT molecular complexity index is 1180. The molecular weight excluding hydrogens is 436 g/mol. The molecule has 2 N–H and O–H groups in total. The lowest BCUT2D eigenvalue weighted by atomic mass is 9.88. The summed E-state index contributed by atoms with van der Waals surface area (Å²) >= 11 is 0. The maximum absolute atomic E-state index is 14.0. The number of nitrogens with one attached hydrogen (secondary N) is 2. The van der Waals surface area contributed by atoms with Gasteiger partial charge >= 0.3 is 0 Å². The van der Waals surface area contributed by atoms with E-state index in [1.54, 1.807) is 6.20 Å². The van der Waals surface area contributed by atoms with Gasteiger partial charge in [0, 0.05) is 42.7 Å². The molecule has 180 valence electrons. The number of likely N-dealkylation sites (tertiary alicyclic amines) is 1. The summed E-state index contributed by atoms with van der Waals surface area (Å²) in [5, 5.41) is 6.68. The third kappa shape index (κ3) is 5.06. The van der Waals surface area contributed by atoms with Gasteiger partial charge in [0.25, 0.3) is 5.91 Å². The van der Waals surface area contributed by atoms with Gasteiger partial charge in [0.05, 0.1) is 11.6 Å². The van der Waals surface area contributed by atoms with Gasteiger partial charge in [-0.1, -0.05) is 42.5 Å². The average Bonchev–Trinajstić information content (AvgIpc) is 3.04. The molecule has 0 radical (unpaired) electrons. The first kappa shape index (κ1) is 23.1. The highest BCUT2D eigenvalue weighted by Gasteiger charge is 2.52. The molecule has 6 heteroatoms. The number of pyridine rings is 1. The van der Waals surface area contributed by atoms with Crippen LogP contribution in [0.4, 0.5) is 5.69 Å². The lowest BCUT2D eigenvalue weighted by Gasteiger charge is -2.35. The number of amides is 2. The highest BCUT2D eigenvalue weighted by molar-refractivity contribution is 5.96. The van der Waals surface area contributed by atoms with Crippen molar-refractivity contribution in [2.24, 2.45) is 0 Å². The van der Waals surface area contributed by atoms with E-state index in [4.69, 9.17) is 0 Å². The van der Waals surface area contributed by atoms with E-state index in [1.807, 2.05) is 60.8 Å². The molecule has 0 bridgehead atoms. The number of carbonyl (C=O) groups excluding carboxylic acids is 2. The zero-order valence-electron chi connectivity index (χ0n) is 20.1. The maximum Gasteiger partial charge on any atom is 0.254 e. The Hall–Kier alpha value is -3.67. The average molecular weight is 469 g/mol. The van der Waals surface area contributed by atoms with Crippen molar-refractivity contribution < 1.29 is 9.59 Å². The van der Waals surface area contributed by atoms with Crippen molar-refractivity contribution in [3.05, 3.63) is 95.8 Å². The fourth-order valence-electron chi connectivity index (χ4n) is 5.70. The summed E-state index contributed by atoms with van der Waals surface area (Å²) in [7, 11) is 0. The van der Waals surface area contributed by atoms with Crippen LogP contribution in [0.5, 0.6) is 0 Å². The van der Waals surface area contributed by atoms with Gasteiger partial charge in [-0.2, -0.15) is 0 Å². The van der Waals surface area contributed by atoms with Crippen LogP contribution in [0.2, 0.25) is 0 Å². The van der Waals surface area contributed by atoms with Gasteiger partial charge < -0.3 is 15.5 Å². The maximum atomic E-state index is 14.0. The molecule has 1 aromatic heterocycles. The molecule has 35 heavy (non-hydrogen) atoms. The van der Waals surface area contributed by atoms with E-state index in [9.17, 15) is 9.59 Å². The lowest BCUT2D eigenvalue weighted by Crippen LogP contribution is -2.54. The van der Waals surface area contributed by atoms with Crippen molar-refractivity contribution in [1.29, 1.82) is 0 Å². The predicted molar refractivity (Wildman–Crippen MR) is 137 cm³/mol. The summed E-state index contributed by atoms with van der Waals surface area (Å²) in [4.78, 5) is 32.7. The lowest BCUT2D eigenvalue weighted by molar-refractivity contribution is -0.122. The van der Waals surface area contributed by atoms with Crippen LogP contribution in [0, 0.1) is 0 Å². The Morgan fingerprint density at radius 2 is 1.94 bits per heavy atom. The molecule has 2 aliphatic rings. The fraction of sp³-hybridized carbons (Fsp3) is 0.345. The Labute approximate surface area is 206 Å². The fourth-order valence-corrected chi connectivity index (χ4v) is 5.70. The summed E-state index contributed by atoms with van der Waals surface area (Å²) in [5.41, 5.74) is 3.43. The van der Waals surface area contributed by atoms with E-state index in [1.165, 1.54) is 5.56 Å². The Morgan fingerprint density at radius 3 is 2.74 bits per heavy atom. The van der Waals surface area contributed by atoms with Crippen LogP contribution in [0.15, 0.2) is 79.1 Å². The number of hydrogen-bond donors (Lipinski definition) is 2. The molecule has 3 atom stereocenters. The minimum atomic E-state index is -0.418. The van der Waals surface area contributed by atoms with Gasteiger partial charge in [-0.15, -0.1) is 0 Å². The van der Waals surface area contributed by atoms with Crippen LogP contribution in [-0.4, -0.2) is 39.3 Å². The topological polar surface area (TPSA) is 74.3 Å². The van der Waals surface area contributed by atoms with Crippen molar-refractivity contribution in [1.82, 2.24) is 15.2 Å². The molecule has 3 heterocycles. The number of hydrogen-bond acceptors (Lipinski definition) is 4. The van der Waals surface area contributed by atoms with Crippen molar-refractivity contribution >= 4 is 17.5 Å². The number of rotatable bonds is 6. The first-order valence-corrected chi connectivity index (χ1v) is 12.4. The zero-order valence-corrected chi connectivity index (χ0v) is 20.1. The smallest absolute Gasteiger partial charge is 0.254 e. The SMILES string of the molecule is C[C@]12C[C@@H](Cc3ccccc3)N(C(=O)c3cccc(NCc4cccnc4)c3)[C@H]1CCCC(=O)N2. The molecule has 3 aromatic rings. The van der Waals surface area contributed by atoms with Crippen LogP contribution >= 0.6 is 0 Å². The third-order valence-electron chi connectivity index (χ3n) is 7.31. The minimum Gasteiger partial charge on any atom is -0.381 e. The minimum absolute atomic E-state index is 0.0188. The Kier molecular flexibility index (Phi) is 6.53. The molecule has 6 nitrogen and oxygen atoms in total. The monoisotopic (exact) mass is 468 g/mol. The van der Waals surface area contributed by atoms with Gasteiger partial charge in [0.15, 0.2) is 0 Å². The second kappa shape index (κ2) is 9.90. The van der Waals surface area contributed by atoms with Crippen LogP contribution < -0.4 is 10.6 Å². The van der Waals surface area contributed by atoms with E-state index < -0.39 is 5.54 Å². The second-order valence-corrected chi connectivity index (χ2v) is 9.93. The molecule has 2 amide bonds. The standard InChI is InChI=1S/C29H32N4O2/c1-29-18-25(16-21-8-3-2-4-9-21)33(26(29)13-6-14-27(34)32-29)28(35)23-11-5-12-24(17-23)31-20-22-10-7-15-30-19-22/h2-5,7-12,15,17,19,25-26,31H,6,13-14,16,18,20H2,1H3,(H,32,34)/t25-,26+,29+/m1/s1. The number of fused-ring (bicyclic) bond motifs is 1. The van der Waals surface area contributed by atoms with Crippen LogP contribution in [-0.2, 0) is 17.8 Å². The summed E-state index contributed by atoms with van der Waals surface area (Å²) < 4.78 is 0. The van der Waals surface area contributed by atoms with Gasteiger partial charge in [0.2, 0.25) is 5.91 Å². The molecule has 0 spiro atoms. The first-order chi connectivity index (χ1) is 17.0. The Morgan fingerprint density at radius 1 is 1.11 bits per heavy atom. The van der Waals surface area contributed by atoms with Gasteiger partial charge in [-0.25, -0.2) is 0 Å². The van der Waals surface area contributed by atoms with Gasteiger partial charge in [-0.3, -0.25) is 14.6 Å². The number of carbonyl (C=O) groups is 2. The molecule has 2 aromatic carbocycles. The summed E-state index contributed by atoms with van der Waals surface area (Å²) in [5.74, 6) is 0.116. The molecule has 0 unspecified atom stereocenters. The summed E-state index contributed by atoms with van der Waals surface area (Å²) in [6.07, 6.45) is 7.25. The quantitative estimate of drug-likeness (QED) is 0.555. The molecule has 5 rings (SSSR count). The van der Waals surface area contributed by atoms with Crippen molar-refractivity contribution in [2.45, 2.75) is 63.2 Å². The molecule has 0 aliphatic carbocycles. The molecule has 2 fully saturated rings. The van der Waals surface area contributed by atoms with Gasteiger partial charge in [-0.05, 0) is 68.0 Å². The van der Waals surface area contributed by atoms with Crippen LogP contribution in [0.1, 0.15) is 54.1 Å². The van der Waals surface area contributed by atoms with E-state index in [2.05, 4.69) is 39.6 Å². The molecule has 2 aliphatic heterocycles. The number of anilines is 1. The zero-order chi connectivity index (χ0) is 24.3. The van der Waals surface area contributed by atoms with E-state index in [0.717, 1.165) is 36.9 Å². The molecule has 0 saturated carbocycles. The summed E-state index contributed by atoms with van der Waals surface area (Å²) in [6, 6.07) is 22.0. The van der Waals surface area contributed by atoms with Crippen LogP contribution in [0.25, 0.3) is 0 Å². The first-order valence-electron chi connectivity index (χ1n) is 12.4. The number of benzene rings is 2. The molecule has 2 saturated heterocycles. The Balaban J connectivity index is 1.41. The number of nitrogens with zero attached hydrogens (tertiary/aromatic N) is 2. The number of aromatic nitrogens is 1. The summed E-state index contributed by atoms with van der Waals surface area (Å²) in [6.45, 7) is 2.75. The second-order valence-electron chi connectivity index (χ2n) is 9.93. The van der Waals surface area contributed by atoms with Crippen molar-refractivity contribution in [2.75, 3.05) is 5.32 Å².